The molecule has 0 unspecified atom stereocenters. The molecule has 4 rings (SSSR count). The molecule has 7 nitrogen and oxygen atoms in total. The number of sulfonamides is 1. The fraction of sp³-hybridized carbons (Fsp3) is 0.368. The third kappa shape index (κ3) is 3.19. The van der Waals surface area contributed by atoms with Crippen molar-refractivity contribution in [3.8, 4) is 0 Å². The van der Waals surface area contributed by atoms with E-state index in [1.165, 1.54) is 4.31 Å². The van der Waals surface area contributed by atoms with Crippen LogP contribution < -0.4 is 5.69 Å². The predicted molar refractivity (Wildman–Crippen MR) is 104 cm³/mol. The van der Waals surface area contributed by atoms with E-state index in [0.29, 0.717) is 25.2 Å². The van der Waals surface area contributed by atoms with Crippen LogP contribution in [0.25, 0.3) is 11.2 Å². The zero-order valence-electron chi connectivity index (χ0n) is 15.4. The largest absolute Gasteiger partial charge is 0.330 e. The zero-order chi connectivity index (χ0) is 19.2. The van der Waals surface area contributed by atoms with Gasteiger partial charge in [0.25, 0.3) is 0 Å². The molecule has 0 aliphatic carbocycles. The Morgan fingerprint density at radius 1 is 1.19 bits per heavy atom. The lowest BCUT2D eigenvalue weighted by molar-refractivity contribution is 0.448. The second-order valence-electron chi connectivity index (χ2n) is 7.10. The van der Waals surface area contributed by atoms with Crippen LogP contribution in [0.15, 0.2) is 47.4 Å². The third-order valence-electron chi connectivity index (χ3n) is 5.20. The van der Waals surface area contributed by atoms with Gasteiger partial charge in [0.1, 0.15) is 0 Å². The molecule has 1 fully saturated rings. The van der Waals surface area contributed by atoms with Crippen LogP contribution in [0.4, 0.5) is 0 Å². The van der Waals surface area contributed by atoms with E-state index in [4.69, 9.17) is 0 Å². The molecule has 3 aromatic rings. The van der Waals surface area contributed by atoms with Gasteiger partial charge in [0.15, 0.2) is 5.65 Å². The molecular weight excluding hydrogens is 364 g/mol. The van der Waals surface area contributed by atoms with Crippen molar-refractivity contribution in [1.29, 1.82) is 0 Å². The van der Waals surface area contributed by atoms with E-state index in [1.54, 1.807) is 28.4 Å². The molecule has 1 atom stereocenters. The Morgan fingerprint density at radius 3 is 2.67 bits per heavy atom. The van der Waals surface area contributed by atoms with Crippen LogP contribution in [0.5, 0.6) is 0 Å². The fourth-order valence-corrected chi connectivity index (χ4v) is 5.26. The maximum atomic E-state index is 12.8. The Hall–Kier alpha value is -2.45. The minimum atomic E-state index is -3.44. The second kappa shape index (κ2) is 6.61. The number of benzene rings is 1. The number of hydrogen-bond acceptors (Lipinski definition) is 4. The molecule has 0 bridgehead atoms. The van der Waals surface area contributed by atoms with Gasteiger partial charge < -0.3 is 0 Å². The molecule has 1 saturated heterocycles. The first-order chi connectivity index (χ1) is 12.9. The van der Waals surface area contributed by atoms with Gasteiger partial charge >= 0.3 is 5.69 Å². The van der Waals surface area contributed by atoms with Gasteiger partial charge in [-0.25, -0.2) is 18.2 Å². The van der Waals surface area contributed by atoms with E-state index in [2.05, 4.69) is 4.98 Å². The molecule has 0 amide bonds. The number of nitrogens with zero attached hydrogens (tertiary/aromatic N) is 4. The first-order valence-corrected chi connectivity index (χ1v) is 10.5. The number of imidazole rings is 1. The molecule has 142 valence electrons. The number of pyridine rings is 1. The van der Waals surface area contributed by atoms with Crippen molar-refractivity contribution in [1.82, 2.24) is 18.4 Å². The van der Waals surface area contributed by atoms with Crippen molar-refractivity contribution in [3.63, 3.8) is 0 Å². The van der Waals surface area contributed by atoms with Gasteiger partial charge in [-0.2, -0.15) is 4.31 Å². The first-order valence-electron chi connectivity index (χ1n) is 8.92. The van der Waals surface area contributed by atoms with E-state index in [0.717, 1.165) is 16.6 Å². The Kier molecular flexibility index (Phi) is 4.39. The van der Waals surface area contributed by atoms with Crippen molar-refractivity contribution in [2.45, 2.75) is 25.1 Å². The molecule has 2 aromatic heterocycles. The molecule has 0 N–H and O–H groups in total. The fourth-order valence-electron chi connectivity index (χ4n) is 3.68. The summed E-state index contributed by atoms with van der Waals surface area (Å²) >= 11 is 0. The molecule has 1 aliphatic heterocycles. The molecule has 1 aromatic carbocycles. The first kappa shape index (κ1) is 17.9. The minimum Gasteiger partial charge on any atom is -0.293 e. The molecule has 8 heteroatoms. The number of aromatic nitrogens is 3. The van der Waals surface area contributed by atoms with Crippen LogP contribution in [0, 0.1) is 6.92 Å². The summed E-state index contributed by atoms with van der Waals surface area (Å²) < 4.78 is 30.4. The van der Waals surface area contributed by atoms with Crippen LogP contribution in [0.3, 0.4) is 0 Å². The van der Waals surface area contributed by atoms with Gasteiger partial charge in [0, 0.05) is 26.3 Å². The van der Waals surface area contributed by atoms with E-state index in [1.807, 2.05) is 37.3 Å². The lowest BCUT2D eigenvalue weighted by Gasteiger charge is -2.17. The standard InChI is InChI=1S/C19H22N4O3S/c1-14-5-7-15(8-6-14)13-27(25,26)22-11-9-16(12-22)23-18-17(4-3-10-20-18)21(2)19(23)24/h3-8,10,16H,9,11-13H2,1-2H3/t16-/m1/s1. The molecule has 0 spiro atoms. The molecule has 0 radical (unpaired) electrons. The highest BCUT2D eigenvalue weighted by Crippen LogP contribution is 2.27. The molecule has 0 saturated carbocycles. The monoisotopic (exact) mass is 386 g/mol. The lowest BCUT2D eigenvalue weighted by Crippen LogP contribution is -2.32. The van der Waals surface area contributed by atoms with E-state index in [9.17, 15) is 13.2 Å². The molecule has 1 aliphatic rings. The summed E-state index contributed by atoms with van der Waals surface area (Å²) in [5.74, 6) is -0.0251. The topological polar surface area (TPSA) is 77.2 Å². The quantitative estimate of drug-likeness (QED) is 0.685. The van der Waals surface area contributed by atoms with Crippen molar-refractivity contribution in [2.75, 3.05) is 13.1 Å². The lowest BCUT2D eigenvalue weighted by atomic mass is 10.2. The van der Waals surface area contributed by atoms with Crippen molar-refractivity contribution < 1.29 is 8.42 Å². The second-order valence-corrected chi connectivity index (χ2v) is 9.07. The summed E-state index contributed by atoms with van der Waals surface area (Å²) in [6.07, 6.45) is 2.25. The van der Waals surface area contributed by atoms with Crippen molar-refractivity contribution in [3.05, 3.63) is 64.2 Å². The Balaban J connectivity index is 1.60. The maximum absolute atomic E-state index is 12.8. The van der Waals surface area contributed by atoms with Crippen molar-refractivity contribution in [2.24, 2.45) is 7.05 Å². The highest BCUT2D eigenvalue weighted by atomic mass is 32.2. The Bertz CT molecular complexity index is 1150. The summed E-state index contributed by atoms with van der Waals surface area (Å²) in [4.78, 5) is 17.0. The average molecular weight is 386 g/mol. The summed E-state index contributed by atoms with van der Waals surface area (Å²) in [6.45, 7) is 2.68. The van der Waals surface area contributed by atoms with Gasteiger partial charge in [-0.15, -0.1) is 0 Å². The maximum Gasteiger partial charge on any atom is 0.330 e. The van der Waals surface area contributed by atoms with Gasteiger partial charge in [-0.1, -0.05) is 29.8 Å². The molecular formula is C19H22N4O3S. The third-order valence-corrected chi connectivity index (χ3v) is 7.02. The summed E-state index contributed by atoms with van der Waals surface area (Å²) in [6, 6.07) is 11.0. The zero-order valence-corrected chi connectivity index (χ0v) is 16.2. The summed E-state index contributed by atoms with van der Waals surface area (Å²) in [5, 5.41) is 0. The van der Waals surface area contributed by atoms with Crippen LogP contribution in [0.1, 0.15) is 23.6 Å². The highest BCUT2D eigenvalue weighted by Gasteiger charge is 2.34. The van der Waals surface area contributed by atoms with Crippen LogP contribution in [0.2, 0.25) is 0 Å². The Labute approximate surface area is 157 Å². The van der Waals surface area contributed by atoms with Gasteiger partial charge in [-0.3, -0.25) is 9.13 Å². The number of hydrogen-bond donors (Lipinski definition) is 0. The number of rotatable bonds is 4. The van der Waals surface area contributed by atoms with Gasteiger partial charge in [0.2, 0.25) is 10.0 Å². The van der Waals surface area contributed by atoms with Gasteiger partial charge in [0.05, 0.1) is 17.3 Å². The SMILES string of the molecule is Cc1ccc(CS(=O)(=O)N2CC[C@@H](n3c(=O)n(C)c4cccnc43)C2)cc1. The van der Waals surface area contributed by atoms with Gasteiger partial charge in [-0.05, 0) is 31.0 Å². The van der Waals surface area contributed by atoms with E-state index >= 15 is 0 Å². The van der Waals surface area contributed by atoms with Crippen LogP contribution in [-0.2, 0) is 22.8 Å². The summed E-state index contributed by atoms with van der Waals surface area (Å²) in [7, 11) is -1.72. The van der Waals surface area contributed by atoms with Crippen LogP contribution >= 0.6 is 0 Å². The highest BCUT2D eigenvalue weighted by molar-refractivity contribution is 7.88. The molecule has 27 heavy (non-hydrogen) atoms. The number of aryl methyl sites for hydroxylation is 2. The molecule has 3 heterocycles. The number of fused-ring (bicyclic) bond motifs is 1. The smallest absolute Gasteiger partial charge is 0.293 e. The van der Waals surface area contributed by atoms with Crippen LogP contribution in [-0.4, -0.2) is 39.9 Å². The minimum absolute atomic E-state index is 0.0251. The predicted octanol–water partition coefficient (Wildman–Crippen LogP) is 1.82. The Morgan fingerprint density at radius 2 is 1.93 bits per heavy atom. The van der Waals surface area contributed by atoms with E-state index < -0.39 is 10.0 Å². The average Bonchev–Trinajstić information content (AvgIpc) is 3.22. The normalized spacial score (nSPS) is 18.4. The summed E-state index contributed by atoms with van der Waals surface area (Å²) in [5.41, 5.74) is 3.07. The van der Waals surface area contributed by atoms with Crippen molar-refractivity contribution >= 4 is 21.2 Å². The van der Waals surface area contributed by atoms with E-state index in [-0.39, 0.29) is 17.5 Å².